The van der Waals surface area contributed by atoms with Crippen LogP contribution in [0.25, 0.3) is 0 Å². The number of rotatable bonds is 3. The van der Waals surface area contributed by atoms with Crippen molar-refractivity contribution in [2.45, 2.75) is 51.7 Å². The van der Waals surface area contributed by atoms with E-state index >= 15 is 0 Å². The Morgan fingerprint density at radius 2 is 1.77 bits per heavy atom. The second-order valence-corrected chi connectivity index (χ2v) is 4.31. The van der Waals surface area contributed by atoms with Crippen molar-refractivity contribution in [1.82, 2.24) is 5.32 Å². The molecule has 3 heteroatoms. The molecule has 1 fully saturated rings. The van der Waals surface area contributed by atoms with Crippen LogP contribution in [0.1, 0.15) is 39.5 Å². The van der Waals surface area contributed by atoms with E-state index in [9.17, 15) is 5.11 Å². The standard InChI is InChI=1S/C10H21NO.ClH/c1-8(2)7-11-9-3-5-10(12)6-4-9;/h8-12H,3-7H2,1-2H3;1H. The molecule has 0 aliphatic heterocycles. The minimum atomic E-state index is -0.0258. The van der Waals surface area contributed by atoms with Crippen LogP contribution in [-0.2, 0) is 0 Å². The van der Waals surface area contributed by atoms with Crippen LogP contribution in [0.2, 0.25) is 0 Å². The van der Waals surface area contributed by atoms with Crippen LogP contribution in [0.4, 0.5) is 0 Å². The average molecular weight is 208 g/mol. The number of aliphatic hydroxyl groups excluding tert-OH is 1. The van der Waals surface area contributed by atoms with E-state index in [4.69, 9.17) is 0 Å². The molecule has 80 valence electrons. The van der Waals surface area contributed by atoms with Gasteiger partial charge in [0.1, 0.15) is 0 Å². The van der Waals surface area contributed by atoms with Crippen LogP contribution in [-0.4, -0.2) is 23.8 Å². The molecular formula is C10H22ClNO. The Morgan fingerprint density at radius 3 is 2.23 bits per heavy atom. The topological polar surface area (TPSA) is 32.3 Å². The summed E-state index contributed by atoms with van der Waals surface area (Å²) >= 11 is 0. The Morgan fingerprint density at radius 1 is 1.23 bits per heavy atom. The summed E-state index contributed by atoms with van der Waals surface area (Å²) in [4.78, 5) is 0. The monoisotopic (exact) mass is 207 g/mol. The molecule has 0 amide bonds. The number of halogens is 1. The number of nitrogens with one attached hydrogen (secondary N) is 1. The second-order valence-electron chi connectivity index (χ2n) is 4.31. The van der Waals surface area contributed by atoms with E-state index in [1.807, 2.05) is 0 Å². The van der Waals surface area contributed by atoms with Crippen molar-refractivity contribution in [1.29, 1.82) is 0 Å². The van der Waals surface area contributed by atoms with Crippen molar-refractivity contribution < 1.29 is 5.11 Å². The minimum Gasteiger partial charge on any atom is -0.393 e. The lowest BCUT2D eigenvalue weighted by atomic mass is 9.93. The zero-order valence-corrected chi connectivity index (χ0v) is 9.44. The number of aliphatic hydroxyl groups is 1. The van der Waals surface area contributed by atoms with E-state index in [1.54, 1.807) is 0 Å². The first kappa shape index (κ1) is 13.2. The van der Waals surface area contributed by atoms with Crippen LogP contribution < -0.4 is 5.32 Å². The van der Waals surface area contributed by atoms with Gasteiger partial charge in [0.2, 0.25) is 0 Å². The Balaban J connectivity index is 0.00000144. The quantitative estimate of drug-likeness (QED) is 0.742. The van der Waals surface area contributed by atoms with Gasteiger partial charge in [-0.05, 0) is 38.1 Å². The summed E-state index contributed by atoms with van der Waals surface area (Å²) in [5.74, 6) is 0.733. The fraction of sp³-hybridized carbons (Fsp3) is 1.00. The second kappa shape index (κ2) is 6.63. The maximum absolute atomic E-state index is 9.28. The van der Waals surface area contributed by atoms with Crippen molar-refractivity contribution in [3.8, 4) is 0 Å². The van der Waals surface area contributed by atoms with Crippen LogP contribution in [0.3, 0.4) is 0 Å². The molecule has 0 aromatic heterocycles. The van der Waals surface area contributed by atoms with Crippen molar-refractivity contribution in [2.75, 3.05) is 6.54 Å². The van der Waals surface area contributed by atoms with Gasteiger partial charge in [0.05, 0.1) is 6.10 Å². The molecule has 1 saturated carbocycles. The molecule has 0 unspecified atom stereocenters. The largest absolute Gasteiger partial charge is 0.393 e. The molecule has 0 aromatic rings. The van der Waals surface area contributed by atoms with Crippen molar-refractivity contribution in [3.05, 3.63) is 0 Å². The maximum atomic E-state index is 9.28. The first-order valence-electron chi connectivity index (χ1n) is 5.10. The molecule has 0 radical (unpaired) electrons. The molecule has 1 aliphatic rings. The molecule has 0 aromatic carbocycles. The predicted octanol–water partition coefficient (Wildman–Crippen LogP) is 1.96. The molecule has 13 heavy (non-hydrogen) atoms. The normalized spacial score (nSPS) is 28.6. The summed E-state index contributed by atoms with van der Waals surface area (Å²) in [5, 5.41) is 12.8. The summed E-state index contributed by atoms with van der Waals surface area (Å²) in [5.41, 5.74) is 0. The van der Waals surface area contributed by atoms with Gasteiger partial charge in [-0.15, -0.1) is 12.4 Å². The Bertz CT molecular complexity index is 122. The van der Waals surface area contributed by atoms with Gasteiger partial charge >= 0.3 is 0 Å². The highest BCUT2D eigenvalue weighted by atomic mass is 35.5. The Kier molecular flexibility index (Phi) is 6.74. The Hall–Kier alpha value is 0.210. The molecule has 2 nitrogen and oxygen atoms in total. The third kappa shape index (κ3) is 5.50. The third-order valence-electron chi connectivity index (χ3n) is 2.51. The van der Waals surface area contributed by atoms with Gasteiger partial charge in [-0.3, -0.25) is 0 Å². The summed E-state index contributed by atoms with van der Waals surface area (Å²) < 4.78 is 0. The van der Waals surface area contributed by atoms with E-state index in [1.165, 1.54) is 0 Å². The van der Waals surface area contributed by atoms with E-state index < -0.39 is 0 Å². The minimum absolute atomic E-state index is 0. The SMILES string of the molecule is CC(C)CNC1CCC(O)CC1.Cl. The highest BCUT2D eigenvalue weighted by Crippen LogP contribution is 2.18. The van der Waals surface area contributed by atoms with Gasteiger partial charge in [-0.1, -0.05) is 13.8 Å². The molecule has 1 rings (SSSR count). The molecule has 1 aliphatic carbocycles. The summed E-state index contributed by atoms with van der Waals surface area (Å²) in [6, 6.07) is 0.663. The first-order chi connectivity index (χ1) is 5.68. The highest BCUT2D eigenvalue weighted by molar-refractivity contribution is 5.85. The predicted molar refractivity (Wildman–Crippen MR) is 58.4 cm³/mol. The zero-order chi connectivity index (χ0) is 8.97. The van der Waals surface area contributed by atoms with Crippen molar-refractivity contribution >= 4 is 12.4 Å². The lowest BCUT2D eigenvalue weighted by Crippen LogP contribution is -2.36. The third-order valence-corrected chi connectivity index (χ3v) is 2.51. The molecule has 0 spiro atoms. The van der Waals surface area contributed by atoms with E-state index in [2.05, 4.69) is 19.2 Å². The van der Waals surface area contributed by atoms with Crippen molar-refractivity contribution in [2.24, 2.45) is 5.92 Å². The van der Waals surface area contributed by atoms with Crippen molar-refractivity contribution in [3.63, 3.8) is 0 Å². The van der Waals surface area contributed by atoms with Gasteiger partial charge in [0, 0.05) is 6.04 Å². The molecule has 0 saturated heterocycles. The van der Waals surface area contributed by atoms with Gasteiger partial charge in [0.25, 0.3) is 0 Å². The summed E-state index contributed by atoms with van der Waals surface area (Å²) in [6.45, 7) is 5.57. The van der Waals surface area contributed by atoms with Crippen LogP contribution in [0, 0.1) is 5.92 Å². The molecule has 0 bridgehead atoms. The number of hydrogen-bond acceptors (Lipinski definition) is 2. The number of hydrogen-bond donors (Lipinski definition) is 2. The van der Waals surface area contributed by atoms with Crippen LogP contribution >= 0.6 is 12.4 Å². The summed E-state index contributed by atoms with van der Waals surface area (Å²) in [7, 11) is 0. The first-order valence-corrected chi connectivity index (χ1v) is 5.10. The fourth-order valence-electron chi connectivity index (χ4n) is 1.68. The maximum Gasteiger partial charge on any atom is 0.0541 e. The zero-order valence-electron chi connectivity index (χ0n) is 8.62. The highest BCUT2D eigenvalue weighted by Gasteiger charge is 2.18. The average Bonchev–Trinajstić information content (AvgIpc) is 2.03. The van der Waals surface area contributed by atoms with Crippen LogP contribution in [0.15, 0.2) is 0 Å². The van der Waals surface area contributed by atoms with Gasteiger partial charge < -0.3 is 10.4 Å². The van der Waals surface area contributed by atoms with Gasteiger partial charge in [-0.2, -0.15) is 0 Å². The van der Waals surface area contributed by atoms with Gasteiger partial charge in [0.15, 0.2) is 0 Å². The fourth-order valence-corrected chi connectivity index (χ4v) is 1.68. The lowest BCUT2D eigenvalue weighted by molar-refractivity contribution is 0.116. The molecular weight excluding hydrogens is 186 g/mol. The molecule has 0 atom stereocenters. The Labute approximate surface area is 87.5 Å². The molecule has 2 N–H and O–H groups in total. The molecule has 0 heterocycles. The van der Waals surface area contributed by atoms with Gasteiger partial charge in [-0.25, -0.2) is 0 Å². The summed E-state index contributed by atoms with van der Waals surface area (Å²) in [6.07, 6.45) is 4.23. The van der Waals surface area contributed by atoms with E-state index in [-0.39, 0.29) is 18.5 Å². The van der Waals surface area contributed by atoms with E-state index in [0.29, 0.717) is 6.04 Å². The van der Waals surface area contributed by atoms with Crippen LogP contribution in [0.5, 0.6) is 0 Å². The lowest BCUT2D eigenvalue weighted by Gasteiger charge is -2.26. The van der Waals surface area contributed by atoms with E-state index in [0.717, 1.165) is 38.1 Å². The smallest absolute Gasteiger partial charge is 0.0541 e.